The monoisotopic (exact) mass is 214 g/mol. The molecule has 0 aliphatic carbocycles. The minimum Gasteiger partial charge on any atom is -0.508 e. The van der Waals surface area contributed by atoms with Gasteiger partial charge in [0.05, 0.1) is 0 Å². The van der Waals surface area contributed by atoms with Crippen molar-refractivity contribution in [3.8, 4) is 5.75 Å². The SMILES string of the molecule is CCCc1ccccc1O.c1ccccc1. The number of hydrogen-bond donors (Lipinski definition) is 1. The molecule has 0 atom stereocenters. The lowest BCUT2D eigenvalue weighted by Gasteiger charge is -1.99. The fourth-order valence-corrected chi connectivity index (χ4v) is 1.38. The molecule has 0 amide bonds. The summed E-state index contributed by atoms with van der Waals surface area (Å²) in [6.07, 6.45) is 2.05. The second-order valence-electron chi connectivity index (χ2n) is 3.53. The van der Waals surface area contributed by atoms with Crippen molar-refractivity contribution in [2.45, 2.75) is 19.8 Å². The van der Waals surface area contributed by atoms with Crippen molar-refractivity contribution in [2.75, 3.05) is 0 Å². The molecule has 0 aliphatic heterocycles. The molecule has 0 radical (unpaired) electrons. The zero-order chi connectivity index (χ0) is 11.6. The average molecular weight is 214 g/mol. The summed E-state index contributed by atoms with van der Waals surface area (Å²) in [6, 6.07) is 19.5. The maximum Gasteiger partial charge on any atom is 0.118 e. The highest BCUT2D eigenvalue weighted by atomic mass is 16.3. The van der Waals surface area contributed by atoms with Crippen LogP contribution in [0.1, 0.15) is 18.9 Å². The molecule has 0 heterocycles. The third kappa shape index (κ3) is 4.65. The van der Waals surface area contributed by atoms with Gasteiger partial charge in [0, 0.05) is 0 Å². The van der Waals surface area contributed by atoms with Crippen molar-refractivity contribution in [3.05, 3.63) is 66.2 Å². The number of rotatable bonds is 2. The molecule has 0 saturated heterocycles. The standard InChI is InChI=1S/C9H12O.C6H6/c1-2-5-8-6-3-4-7-9(8)10;1-2-4-6-5-3-1/h3-4,6-7,10H,2,5H2,1H3;1-6H. The van der Waals surface area contributed by atoms with Crippen LogP contribution < -0.4 is 0 Å². The summed E-state index contributed by atoms with van der Waals surface area (Å²) in [7, 11) is 0. The van der Waals surface area contributed by atoms with Gasteiger partial charge < -0.3 is 5.11 Å². The highest BCUT2D eigenvalue weighted by Gasteiger charge is 1.95. The smallest absolute Gasteiger partial charge is 0.118 e. The lowest BCUT2D eigenvalue weighted by Crippen LogP contribution is -1.81. The average Bonchev–Trinajstić information content (AvgIpc) is 2.35. The lowest BCUT2D eigenvalue weighted by molar-refractivity contribution is 0.467. The molecule has 16 heavy (non-hydrogen) atoms. The van der Waals surface area contributed by atoms with Gasteiger partial charge in [-0.25, -0.2) is 0 Å². The molecular formula is C15H18O. The number of phenolic OH excluding ortho intramolecular Hbond substituents is 1. The first-order chi connectivity index (χ1) is 7.84. The maximum absolute atomic E-state index is 9.24. The predicted molar refractivity (Wildman–Crippen MR) is 68.5 cm³/mol. The van der Waals surface area contributed by atoms with E-state index in [0.29, 0.717) is 5.75 Å². The van der Waals surface area contributed by atoms with Crippen LogP contribution in [-0.4, -0.2) is 5.11 Å². The van der Waals surface area contributed by atoms with Crippen LogP contribution in [0.3, 0.4) is 0 Å². The van der Waals surface area contributed by atoms with E-state index in [0.717, 1.165) is 18.4 Å². The Morgan fingerprint density at radius 3 is 1.75 bits per heavy atom. The number of para-hydroxylation sites is 1. The van der Waals surface area contributed by atoms with Gasteiger partial charge in [0.25, 0.3) is 0 Å². The van der Waals surface area contributed by atoms with E-state index in [1.807, 2.05) is 54.6 Å². The Morgan fingerprint density at radius 1 is 0.812 bits per heavy atom. The molecule has 1 heteroatoms. The summed E-state index contributed by atoms with van der Waals surface area (Å²) in [6.45, 7) is 2.10. The van der Waals surface area contributed by atoms with Crippen LogP contribution in [0.5, 0.6) is 5.75 Å². The highest BCUT2D eigenvalue weighted by Crippen LogP contribution is 2.16. The topological polar surface area (TPSA) is 20.2 Å². The molecule has 0 saturated carbocycles. The lowest BCUT2D eigenvalue weighted by atomic mass is 10.1. The second-order valence-corrected chi connectivity index (χ2v) is 3.53. The Morgan fingerprint density at radius 2 is 1.31 bits per heavy atom. The molecule has 0 bridgehead atoms. The van der Waals surface area contributed by atoms with Gasteiger partial charge in [-0.1, -0.05) is 67.9 Å². The van der Waals surface area contributed by atoms with Gasteiger partial charge in [-0.15, -0.1) is 0 Å². The first-order valence-electron chi connectivity index (χ1n) is 5.61. The molecule has 2 rings (SSSR count). The van der Waals surface area contributed by atoms with E-state index >= 15 is 0 Å². The quantitative estimate of drug-likeness (QED) is 0.800. The van der Waals surface area contributed by atoms with E-state index in [9.17, 15) is 5.11 Å². The zero-order valence-electron chi connectivity index (χ0n) is 9.63. The van der Waals surface area contributed by atoms with E-state index < -0.39 is 0 Å². The summed E-state index contributed by atoms with van der Waals surface area (Å²) in [5, 5.41) is 9.24. The fraction of sp³-hybridized carbons (Fsp3) is 0.200. The Labute approximate surface area is 97.4 Å². The van der Waals surface area contributed by atoms with Crippen LogP contribution in [0.25, 0.3) is 0 Å². The van der Waals surface area contributed by atoms with E-state index in [1.54, 1.807) is 6.07 Å². The van der Waals surface area contributed by atoms with Crippen molar-refractivity contribution >= 4 is 0 Å². The Kier molecular flexibility index (Phi) is 5.79. The van der Waals surface area contributed by atoms with Gasteiger partial charge in [-0.3, -0.25) is 0 Å². The van der Waals surface area contributed by atoms with Gasteiger partial charge in [0.15, 0.2) is 0 Å². The molecule has 1 N–H and O–H groups in total. The van der Waals surface area contributed by atoms with Gasteiger partial charge in [0.2, 0.25) is 0 Å². The molecule has 0 unspecified atom stereocenters. The second kappa shape index (κ2) is 7.52. The summed E-state index contributed by atoms with van der Waals surface area (Å²) >= 11 is 0. The number of hydrogen-bond acceptors (Lipinski definition) is 1. The Bertz CT molecular complexity index is 355. The molecule has 0 spiro atoms. The molecule has 0 aromatic heterocycles. The summed E-state index contributed by atoms with van der Waals surface area (Å²) in [5.41, 5.74) is 1.05. The van der Waals surface area contributed by atoms with Gasteiger partial charge in [-0.2, -0.15) is 0 Å². The number of benzene rings is 2. The highest BCUT2D eigenvalue weighted by molar-refractivity contribution is 5.31. The predicted octanol–water partition coefficient (Wildman–Crippen LogP) is 4.03. The van der Waals surface area contributed by atoms with Gasteiger partial charge >= 0.3 is 0 Å². The third-order valence-corrected chi connectivity index (χ3v) is 2.18. The van der Waals surface area contributed by atoms with E-state index in [1.165, 1.54) is 0 Å². The van der Waals surface area contributed by atoms with Crippen molar-refractivity contribution in [3.63, 3.8) is 0 Å². The van der Waals surface area contributed by atoms with Crippen molar-refractivity contribution in [1.29, 1.82) is 0 Å². The molecule has 0 aliphatic rings. The van der Waals surface area contributed by atoms with Crippen molar-refractivity contribution < 1.29 is 5.11 Å². The summed E-state index contributed by atoms with van der Waals surface area (Å²) in [5.74, 6) is 0.421. The maximum atomic E-state index is 9.24. The number of aromatic hydroxyl groups is 1. The van der Waals surface area contributed by atoms with Crippen LogP contribution in [0.2, 0.25) is 0 Å². The fourth-order valence-electron chi connectivity index (χ4n) is 1.38. The zero-order valence-corrected chi connectivity index (χ0v) is 9.63. The minimum atomic E-state index is 0.421. The van der Waals surface area contributed by atoms with E-state index in [4.69, 9.17) is 0 Å². The van der Waals surface area contributed by atoms with Crippen LogP contribution in [0, 0.1) is 0 Å². The molecule has 2 aromatic carbocycles. The van der Waals surface area contributed by atoms with Gasteiger partial charge in [-0.05, 0) is 18.1 Å². The molecule has 1 nitrogen and oxygen atoms in total. The number of aryl methyl sites for hydroxylation is 1. The van der Waals surface area contributed by atoms with Crippen molar-refractivity contribution in [2.24, 2.45) is 0 Å². The van der Waals surface area contributed by atoms with Gasteiger partial charge in [0.1, 0.15) is 5.75 Å². The Hall–Kier alpha value is -1.76. The normalized spacial score (nSPS) is 9.06. The van der Waals surface area contributed by atoms with E-state index in [-0.39, 0.29) is 0 Å². The largest absolute Gasteiger partial charge is 0.508 e. The molecule has 2 aromatic rings. The minimum absolute atomic E-state index is 0.421. The van der Waals surface area contributed by atoms with Crippen LogP contribution in [-0.2, 0) is 6.42 Å². The molecular weight excluding hydrogens is 196 g/mol. The Balaban J connectivity index is 0.000000181. The summed E-state index contributed by atoms with van der Waals surface area (Å²) in [4.78, 5) is 0. The first kappa shape index (κ1) is 12.3. The van der Waals surface area contributed by atoms with Crippen LogP contribution in [0.4, 0.5) is 0 Å². The van der Waals surface area contributed by atoms with Crippen LogP contribution in [0.15, 0.2) is 60.7 Å². The first-order valence-corrected chi connectivity index (χ1v) is 5.61. The number of phenols is 1. The third-order valence-electron chi connectivity index (χ3n) is 2.18. The summed E-state index contributed by atoms with van der Waals surface area (Å²) < 4.78 is 0. The van der Waals surface area contributed by atoms with Crippen LogP contribution >= 0.6 is 0 Å². The van der Waals surface area contributed by atoms with Crippen molar-refractivity contribution in [1.82, 2.24) is 0 Å². The van der Waals surface area contributed by atoms with E-state index in [2.05, 4.69) is 6.92 Å². The molecule has 84 valence electrons. The molecule has 0 fully saturated rings.